The molecule has 4 nitrogen and oxygen atoms in total. The highest BCUT2D eigenvalue weighted by Crippen LogP contribution is 2.35. The Kier molecular flexibility index (Phi) is 6.02. The SMILES string of the molecule is Cc1ccc(CN2C(=O)S/C(=C/c3cn(Cc4c(F)cccc4Cl)c4ccccc34)C2=O)cc1. The molecule has 1 aromatic heterocycles. The van der Waals surface area contributed by atoms with Gasteiger partial charge in [0.1, 0.15) is 5.82 Å². The fourth-order valence-electron chi connectivity index (χ4n) is 4.03. The Bertz CT molecular complexity index is 1440. The third kappa shape index (κ3) is 4.27. The van der Waals surface area contributed by atoms with E-state index in [-0.39, 0.29) is 30.1 Å². The third-order valence-electron chi connectivity index (χ3n) is 5.83. The van der Waals surface area contributed by atoms with E-state index in [0.29, 0.717) is 15.5 Å². The van der Waals surface area contributed by atoms with Crippen LogP contribution >= 0.6 is 23.4 Å². The number of para-hydroxylation sites is 1. The van der Waals surface area contributed by atoms with Crippen LogP contribution in [0.15, 0.2) is 77.8 Å². The average Bonchev–Trinajstić information content (AvgIpc) is 3.30. The number of hydrogen-bond donors (Lipinski definition) is 0. The van der Waals surface area contributed by atoms with Gasteiger partial charge in [-0.15, -0.1) is 0 Å². The summed E-state index contributed by atoms with van der Waals surface area (Å²) in [5.74, 6) is -0.686. The normalized spacial score (nSPS) is 15.1. The number of imide groups is 1. The van der Waals surface area contributed by atoms with E-state index in [9.17, 15) is 14.0 Å². The zero-order valence-electron chi connectivity index (χ0n) is 18.3. The molecule has 3 aromatic carbocycles. The van der Waals surface area contributed by atoms with E-state index in [4.69, 9.17) is 11.6 Å². The summed E-state index contributed by atoms with van der Waals surface area (Å²) in [6.07, 6.45) is 3.60. The number of halogens is 2. The van der Waals surface area contributed by atoms with E-state index < -0.39 is 0 Å². The Balaban J connectivity index is 1.48. The molecule has 7 heteroatoms. The monoisotopic (exact) mass is 490 g/mol. The molecule has 0 N–H and O–H groups in total. The number of carbonyl (C=O) groups excluding carboxylic acids is 2. The fourth-order valence-corrected chi connectivity index (χ4v) is 5.08. The van der Waals surface area contributed by atoms with Crippen LogP contribution in [0.25, 0.3) is 17.0 Å². The van der Waals surface area contributed by atoms with Crippen LogP contribution in [0.3, 0.4) is 0 Å². The van der Waals surface area contributed by atoms with Crippen LogP contribution in [0.2, 0.25) is 5.02 Å². The second-order valence-electron chi connectivity index (χ2n) is 8.18. The molecular weight excluding hydrogens is 471 g/mol. The molecule has 0 spiro atoms. The molecule has 2 heterocycles. The van der Waals surface area contributed by atoms with Crippen molar-refractivity contribution in [3.63, 3.8) is 0 Å². The molecule has 5 rings (SSSR count). The molecule has 0 aliphatic carbocycles. The van der Waals surface area contributed by atoms with Crippen LogP contribution in [0, 0.1) is 12.7 Å². The summed E-state index contributed by atoms with van der Waals surface area (Å²) in [7, 11) is 0. The average molecular weight is 491 g/mol. The lowest BCUT2D eigenvalue weighted by molar-refractivity contribution is -0.123. The van der Waals surface area contributed by atoms with E-state index in [2.05, 4.69) is 0 Å². The van der Waals surface area contributed by atoms with Gasteiger partial charge in [-0.25, -0.2) is 4.39 Å². The van der Waals surface area contributed by atoms with Crippen molar-refractivity contribution in [3.8, 4) is 0 Å². The molecule has 1 aliphatic rings. The van der Waals surface area contributed by atoms with Crippen molar-refractivity contribution in [2.45, 2.75) is 20.0 Å². The molecule has 1 fully saturated rings. The highest BCUT2D eigenvalue weighted by Gasteiger charge is 2.35. The number of rotatable bonds is 5. The van der Waals surface area contributed by atoms with Gasteiger partial charge in [-0.05, 0) is 48.5 Å². The van der Waals surface area contributed by atoms with Gasteiger partial charge in [0, 0.05) is 33.2 Å². The molecule has 4 aromatic rings. The van der Waals surface area contributed by atoms with E-state index >= 15 is 0 Å². The molecule has 34 heavy (non-hydrogen) atoms. The number of benzene rings is 3. The van der Waals surface area contributed by atoms with Gasteiger partial charge in [0.2, 0.25) is 0 Å². The number of aryl methyl sites for hydroxylation is 1. The van der Waals surface area contributed by atoms with E-state index in [1.165, 1.54) is 11.0 Å². The summed E-state index contributed by atoms with van der Waals surface area (Å²) in [6.45, 7) is 2.47. The summed E-state index contributed by atoms with van der Waals surface area (Å²) in [5.41, 5.74) is 4.07. The lowest BCUT2D eigenvalue weighted by Crippen LogP contribution is -2.27. The lowest BCUT2D eigenvalue weighted by Gasteiger charge is -2.12. The van der Waals surface area contributed by atoms with E-state index in [1.807, 2.05) is 66.2 Å². The zero-order chi connectivity index (χ0) is 23.8. The first-order valence-corrected chi connectivity index (χ1v) is 11.9. The minimum atomic E-state index is -0.371. The minimum absolute atomic E-state index is 0.232. The molecule has 0 saturated carbocycles. The molecule has 0 atom stereocenters. The molecule has 0 radical (unpaired) electrons. The molecule has 2 amide bonds. The Labute approximate surface area is 205 Å². The first kappa shape index (κ1) is 22.4. The lowest BCUT2D eigenvalue weighted by atomic mass is 10.1. The summed E-state index contributed by atoms with van der Waals surface area (Å²) in [4.78, 5) is 27.3. The van der Waals surface area contributed by atoms with Crippen molar-refractivity contribution in [2.75, 3.05) is 0 Å². The van der Waals surface area contributed by atoms with Crippen LogP contribution in [0.5, 0.6) is 0 Å². The number of fused-ring (bicyclic) bond motifs is 1. The van der Waals surface area contributed by atoms with Gasteiger partial charge in [-0.2, -0.15) is 0 Å². The maximum atomic E-state index is 14.4. The van der Waals surface area contributed by atoms with Crippen LogP contribution < -0.4 is 0 Å². The largest absolute Gasteiger partial charge is 0.342 e. The molecule has 1 saturated heterocycles. The third-order valence-corrected chi connectivity index (χ3v) is 7.09. The predicted octanol–water partition coefficient (Wildman–Crippen LogP) is 7.03. The number of hydrogen-bond acceptors (Lipinski definition) is 3. The smallest absolute Gasteiger partial charge is 0.293 e. The van der Waals surface area contributed by atoms with Gasteiger partial charge < -0.3 is 4.57 Å². The number of aromatic nitrogens is 1. The molecule has 170 valence electrons. The summed E-state index contributed by atoms with van der Waals surface area (Å²) >= 11 is 7.18. The van der Waals surface area contributed by atoms with Gasteiger partial charge in [0.05, 0.1) is 18.0 Å². The second kappa shape index (κ2) is 9.12. The Morgan fingerprint density at radius 3 is 2.50 bits per heavy atom. The first-order valence-electron chi connectivity index (χ1n) is 10.7. The van der Waals surface area contributed by atoms with Crippen molar-refractivity contribution >= 4 is 51.5 Å². The first-order chi connectivity index (χ1) is 16.4. The van der Waals surface area contributed by atoms with E-state index in [1.54, 1.807) is 18.2 Å². The van der Waals surface area contributed by atoms with E-state index in [0.717, 1.165) is 39.4 Å². The van der Waals surface area contributed by atoms with Gasteiger partial charge in [-0.1, -0.05) is 65.7 Å². The van der Waals surface area contributed by atoms with Crippen LogP contribution in [-0.2, 0) is 17.9 Å². The van der Waals surface area contributed by atoms with Gasteiger partial charge in [0.25, 0.3) is 11.1 Å². The van der Waals surface area contributed by atoms with Gasteiger partial charge in [0.15, 0.2) is 0 Å². The fraction of sp³-hybridized carbons (Fsp3) is 0.111. The van der Waals surface area contributed by atoms with Crippen LogP contribution in [-0.4, -0.2) is 20.6 Å². The number of nitrogens with zero attached hydrogens (tertiary/aromatic N) is 2. The summed E-state index contributed by atoms with van der Waals surface area (Å²) < 4.78 is 16.3. The maximum Gasteiger partial charge on any atom is 0.293 e. The summed E-state index contributed by atoms with van der Waals surface area (Å²) in [5, 5.41) is 0.968. The standard InChI is InChI=1S/C27H20ClFN2O2S/c1-17-9-11-18(12-10-17)14-31-26(32)25(34-27(31)33)13-19-15-30(24-8-3-2-5-20(19)24)16-21-22(28)6-4-7-23(21)29/h2-13,15H,14,16H2,1H3/b25-13+. The van der Waals surface area contributed by atoms with Gasteiger partial charge in [-0.3, -0.25) is 14.5 Å². The van der Waals surface area contributed by atoms with Crippen LogP contribution in [0.1, 0.15) is 22.3 Å². The minimum Gasteiger partial charge on any atom is -0.342 e. The number of amides is 2. The Hall–Kier alpha value is -3.35. The highest BCUT2D eigenvalue weighted by molar-refractivity contribution is 8.18. The van der Waals surface area contributed by atoms with Crippen molar-refractivity contribution in [2.24, 2.45) is 0 Å². The molecule has 1 aliphatic heterocycles. The molecule has 0 unspecified atom stereocenters. The summed E-state index contributed by atoms with van der Waals surface area (Å²) in [6, 6.07) is 20.1. The maximum absolute atomic E-state index is 14.4. The number of carbonyl (C=O) groups is 2. The quantitative estimate of drug-likeness (QED) is 0.282. The van der Waals surface area contributed by atoms with Crippen molar-refractivity contribution < 1.29 is 14.0 Å². The second-order valence-corrected chi connectivity index (χ2v) is 9.58. The predicted molar refractivity (Wildman–Crippen MR) is 135 cm³/mol. The topological polar surface area (TPSA) is 42.3 Å². The van der Waals surface area contributed by atoms with Gasteiger partial charge >= 0.3 is 0 Å². The Morgan fingerprint density at radius 1 is 0.971 bits per heavy atom. The van der Waals surface area contributed by atoms with Crippen LogP contribution in [0.4, 0.5) is 9.18 Å². The Morgan fingerprint density at radius 2 is 1.74 bits per heavy atom. The molecular formula is C27H20ClFN2O2S. The van der Waals surface area contributed by atoms with Crippen molar-refractivity contribution in [1.82, 2.24) is 9.47 Å². The number of thioether (sulfide) groups is 1. The van der Waals surface area contributed by atoms with Crippen molar-refractivity contribution in [3.05, 3.63) is 111 Å². The molecule has 0 bridgehead atoms. The highest BCUT2D eigenvalue weighted by atomic mass is 35.5. The zero-order valence-corrected chi connectivity index (χ0v) is 19.9. The van der Waals surface area contributed by atoms with Crippen molar-refractivity contribution in [1.29, 1.82) is 0 Å².